The summed E-state index contributed by atoms with van der Waals surface area (Å²) < 4.78 is 10.6. The number of carbonyl (C=O) groups is 1. The molecule has 2 aliphatic rings. The molecule has 0 aliphatic carbocycles. The molecule has 1 saturated heterocycles. The van der Waals surface area contributed by atoms with Gasteiger partial charge in [0, 0.05) is 31.6 Å². The van der Waals surface area contributed by atoms with E-state index < -0.39 is 0 Å². The highest BCUT2D eigenvalue weighted by Gasteiger charge is 2.24. The highest BCUT2D eigenvalue weighted by atomic mass is 32.2. The Morgan fingerprint density at radius 3 is 3.10 bits per heavy atom. The summed E-state index contributed by atoms with van der Waals surface area (Å²) in [4.78, 5) is 14.1. The van der Waals surface area contributed by atoms with Crippen LogP contribution in [-0.2, 0) is 11.3 Å². The number of fused-ring (bicyclic) bond motifs is 1. The zero-order valence-electron chi connectivity index (χ0n) is 11.4. The van der Waals surface area contributed by atoms with E-state index in [-0.39, 0.29) is 18.7 Å². The second kappa shape index (κ2) is 5.93. The maximum absolute atomic E-state index is 12.3. The maximum atomic E-state index is 12.3. The molecular weight excluding hydrogens is 276 g/mol. The van der Waals surface area contributed by atoms with Crippen LogP contribution in [0.4, 0.5) is 0 Å². The highest BCUT2D eigenvalue weighted by Crippen LogP contribution is 2.32. The van der Waals surface area contributed by atoms with Crippen molar-refractivity contribution in [2.75, 3.05) is 31.9 Å². The Bertz CT molecular complexity index is 503. The summed E-state index contributed by atoms with van der Waals surface area (Å²) in [6, 6.07) is 5.74. The molecule has 3 rings (SSSR count). The Morgan fingerprint density at radius 1 is 1.45 bits per heavy atom. The predicted molar refractivity (Wildman–Crippen MR) is 78.2 cm³/mol. The van der Waals surface area contributed by atoms with Gasteiger partial charge >= 0.3 is 0 Å². The topological polar surface area (TPSA) is 50.8 Å². The number of likely N-dealkylation sites (N-methyl/N-ethyl adjacent to an activating group) is 1. The van der Waals surface area contributed by atoms with E-state index in [9.17, 15) is 4.79 Å². The van der Waals surface area contributed by atoms with Crippen molar-refractivity contribution < 1.29 is 14.3 Å². The minimum absolute atomic E-state index is 0.0623. The molecule has 0 spiro atoms. The second-order valence-corrected chi connectivity index (χ2v) is 6.11. The van der Waals surface area contributed by atoms with Gasteiger partial charge in [-0.05, 0) is 17.7 Å². The molecule has 5 nitrogen and oxygen atoms in total. The van der Waals surface area contributed by atoms with Crippen molar-refractivity contribution in [2.45, 2.75) is 12.6 Å². The number of rotatable bonds is 3. The van der Waals surface area contributed by atoms with E-state index in [1.165, 1.54) is 0 Å². The molecule has 1 aromatic rings. The van der Waals surface area contributed by atoms with Crippen molar-refractivity contribution in [3.63, 3.8) is 0 Å². The van der Waals surface area contributed by atoms with Crippen LogP contribution in [0, 0.1) is 0 Å². The van der Waals surface area contributed by atoms with Gasteiger partial charge in [0.2, 0.25) is 12.7 Å². The lowest BCUT2D eigenvalue weighted by molar-refractivity contribution is -0.132. The largest absolute Gasteiger partial charge is 0.454 e. The van der Waals surface area contributed by atoms with Gasteiger partial charge in [-0.2, -0.15) is 11.8 Å². The van der Waals surface area contributed by atoms with E-state index in [1.54, 1.807) is 4.90 Å². The minimum Gasteiger partial charge on any atom is -0.454 e. The van der Waals surface area contributed by atoms with Crippen molar-refractivity contribution in [3.8, 4) is 11.5 Å². The summed E-state index contributed by atoms with van der Waals surface area (Å²) in [5, 5.41) is 3.27. The Hall–Kier alpha value is -1.40. The first-order valence-electron chi connectivity index (χ1n) is 6.68. The molecule has 0 radical (unpaired) electrons. The summed E-state index contributed by atoms with van der Waals surface area (Å²) in [6.45, 7) is 1.76. The lowest BCUT2D eigenvalue weighted by Crippen LogP contribution is -2.49. The first kappa shape index (κ1) is 13.6. The van der Waals surface area contributed by atoms with Gasteiger partial charge in [-0.1, -0.05) is 6.07 Å². The zero-order valence-corrected chi connectivity index (χ0v) is 12.2. The fraction of sp³-hybridized carbons (Fsp3) is 0.500. The smallest absolute Gasteiger partial charge is 0.240 e. The van der Waals surface area contributed by atoms with E-state index in [1.807, 2.05) is 37.0 Å². The van der Waals surface area contributed by atoms with E-state index in [2.05, 4.69) is 5.32 Å². The number of benzene rings is 1. The molecule has 6 heteroatoms. The number of hydrogen-bond acceptors (Lipinski definition) is 5. The molecule has 20 heavy (non-hydrogen) atoms. The van der Waals surface area contributed by atoms with Crippen molar-refractivity contribution >= 4 is 17.7 Å². The first-order chi connectivity index (χ1) is 9.74. The van der Waals surface area contributed by atoms with Crippen LogP contribution in [0.5, 0.6) is 11.5 Å². The van der Waals surface area contributed by atoms with Crippen LogP contribution in [0.2, 0.25) is 0 Å². The van der Waals surface area contributed by atoms with E-state index in [0.29, 0.717) is 6.54 Å². The van der Waals surface area contributed by atoms with Gasteiger partial charge < -0.3 is 19.7 Å². The average molecular weight is 294 g/mol. The van der Waals surface area contributed by atoms with Gasteiger partial charge in [-0.25, -0.2) is 0 Å². The summed E-state index contributed by atoms with van der Waals surface area (Å²) in [7, 11) is 1.84. The Balaban J connectivity index is 1.63. The lowest BCUT2D eigenvalue weighted by Gasteiger charge is -2.27. The van der Waals surface area contributed by atoms with Gasteiger partial charge in [0.15, 0.2) is 11.5 Å². The summed E-state index contributed by atoms with van der Waals surface area (Å²) >= 11 is 1.82. The summed E-state index contributed by atoms with van der Waals surface area (Å²) in [5.41, 5.74) is 1.05. The number of carbonyl (C=O) groups excluding carboxylic acids is 1. The average Bonchev–Trinajstić information content (AvgIpc) is 2.95. The number of amides is 1. The fourth-order valence-corrected chi connectivity index (χ4v) is 3.31. The zero-order chi connectivity index (χ0) is 13.9. The Morgan fingerprint density at radius 2 is 2.30 bits per heavy atom. The van der Waals surface area contributed by atoms with Gasteiger partial charge in [-0.15, -0.1) is 0 Å². The molecule has 1 N–H and O–H groups in total. The van der Waals surface area contributed by atoms with Crippen LogP contribution in [0.25, 0.3) is 0 Å². The van der Waals surface area contributed by atoms with Crippen LogP contribution in [0.1, 0.15) is 5.56 Å². The fourth-order valence-electron chi connectivity index (χ4n) is 2.38. The van der Waals surface area contributed by atoms with Gasteiger partial charge in [0.05, 0.1) is 6.04 Å². The summed E-state index contributed by atoms with van der Waals surface area (Å²) in [5.74, 6) is 3.61. The van der Waals surface area contributed by atoms with Gasteiger partial charge in [-0.3, -0.25) is 4.79 Å². The number of thioether (sulfide) groups is 1. The second-order valence-electron chi connectivity index (χ2n) is 4.96. The number of hydrogen-bond donors (Lipinski definition) is 1. The van der Waals surface area contributed by atoms with Crippen LogP contribution >= 0.6 is 11.8 Å². The molecule has 2 heterocycles. The third kappa shape index (κ3) is 2.86. The van der Waals surface area contributed by atoms with Crippen molar-refractivity contribution in [2.24, 2.45) is 0 Å². The quantitative estimate of drug-likeness (QED) is 0.904. The van der Waals surface area contributed by atoms with Crippen molar-refractivity contribution in [3.05, 3.63) is 23.8 Å². The molecule has 108 valence electrons. The van der Waals surface area contributed by atoms with Crippen molar-refractivity contribution in [1.82, 2.24) is 10.2 Å². The molecule has 1 atom stereocenters. The molecule has 0 saturated carbocycles. The van der Waals surface area contributed by atoms with E-state index in [0.717, 1.165) is 35.1 Å². The third-order valence-electron chi connectivity index (χ3n) is 3.45. The lowest BCUT2D eigenvalue weighted by atomic mass is 10.2. The normalized spacial score (nSPS) is 20.8. The highest BCUT2D eigenvalue weighted by molar-refractivity contribution is 7.99. The summed E-state index contributed by atoms with van der Waals surface area (Å²) in [6.07, 6.45) is 0. The number of ether oxygens (including phenoxy) is 2. The molecule has 1 fully saturated rings. The molecular formula is C14H18N2O3S. The Labute approximate surface area is 122 Å². The molecule has 2 aliphatic heterocycles. The van der Waals surface area contributed by atoms with E-state index in [4.69, 9.17) is 9.47 Å². The molecule has 1 amide bonds. The van der Waals surface area contributed by atoms with Crippen LogP contribution in [-0.4, -0.2) is 48.7 Å². The minimum atomic E-state index is -0.0623. The SMILES string of the molecule is CN(Cc1ccc2c(c1)OCO2)C(=O)C1CSCCN1. The van der Waals surface area contributed by atoms with E-state index >= 15 is 0 Å². The van der Waals surface area contributed by atoms with Gasteiger partial charge in [0.25, 0.3) is 0 Å². The predicted octanol–water partition coefficient (Wildman–Crippen LogP) is 1.08. The van der Waals surface area contributed by atoms with Crippen molar-refractivity contribution in [1.29, 1.82) is 0 Å². The molecule has 1 aromatic carbocycles. The first-order valence-corrected chi connectivity index (χ1v) is 7.84. The number of nitrogens with one attached hydrogen (secondary N) is 1. The van der Waals surface area contributed by atoms with Gasteiger partial charge in [0.1, 0.15) is 0 Å². The van der Waals surface area contributed by atoms with Crippen LogP contribution in [0.15, 0.2) is 18.2 Å². The standard InChI is InChI=1S/C14H18N2O3S/c1-16(14(17)11-8-20-5-4-15-11)7-10-2-3-12-13(6-10)19-9-18-12/h2-3,6,11,15H,4-5,7-9H2,1H3. The third-order valence-corrected chi connectivity index (χ3v) is 4.51. The Kier molecular flexibility index (Phi) is 4.03. The van der Waals surface area contributed by atoms with Crippen LogP contribution in [0.3, 0.4) is 0 Å². The number of nitrogens with zero attached hydrogens (tertiary/aromatic N) is 1. The molecule has 0 bridgehead atoms. The maximum Gasteiger partial charge on any atom is 0.240 e. The monoisotopic (exact) mass is 294 g/mol. The van der Waals surface area contributed by atoms with Crippen LogP contribution < -0.4 is 14.8 Å². The molecule has 0 aromatic heterocycles. The molecule has 1 unspecified atom stereocenters.